The Balaban J connectivity index is 2.38. The normalized spacial score (nSPS) is 12.8. The molecule has 134 valence electrons. The van der Waals surface area contributed by atoms with Crippen molar-refractivity contribution in [2.45, 2.75) is 46.6 Å². The SMILES string of the molecule is CCNC(=NCCNC(=O)c1cccnc1)NC(C)CCC(C)C. The van der Waals surface area contributed by atoms with Gasteiger partial charge in [-0.1, -0.05) is 13.8 Å². The van der Waals surface area contributed by atoms with Crippen LogP contribution in [-0.2, 0) is 0 Å². The van der Waals surface area contributed by atoms with Crippen LogP contribution in [-0.4, -0.2) is 42.5 Å². The first-order valence-electron chi connectivity index (χ1n) is 8.76. The number of aliphatic imine (C=N–C) groups is 1. The van der Waals surface area contributed by atoms with Gasteiger partial charge in [0.2, 0.25) is 0 Å². The van der Waals surface area contributed by atoms with Crippen LogP contribution in [0.15, 0.2) is 29.5 Å². The molecule has 6 nitrogen and oxygen atoms in total. The summed E-state index contributed by atoms with van der Waals surface area (Å²) in [6.45, 7) is 10.5. The molecule has 0 saturated heterocycles. The van der Waals surface area contributed by atoms with Gasteiger partial charge in [-0.05, 0) is 44.7 Å². The van der Waals surface area contributed by atoms with E-state index in [0.717, 1.165) is 18.9 Å². The van der Waals surface area contributed by atoms with E-state index in [4.69, 9.17) is 0 Å². The Morgan fingerprint density at radius 1 is 1.25 bits per heavy atom. The van der Waals surface area contributed by atoms with Crippen molar-refractivity contribution >= 4 is 11.9 Å². The molecule has 24 heavy (non-hydrogen) atoms. The zero-order valence-electron chi connectivity index (χ0n) is 15.3. The van der Waals surface area contributed by atoms with Gasteiger partial charge in [-0.15, -0.1) is 0 Å². The molecule has 0 fully saturated rings. The number of pyridine rings is 1. The Labute approximate surface area is 145 Å². The largest absolute Gasteiger partial charge is 0.357 e. The number of nitrogens with one attached hydrogen (secondary N) is 3. The van der Waals surface area contributed by atoms with Gasteiger partial charge >= 0.3 is 0 Å². The standard InChI is InChI=1S/C18H31N5O/c1-5-20-18(23-15(4)9-8-14(2)3)22-12-11-21-17(24)16-7-6-10-19-13-16/h6-7,10,13-15H,5,8-9,11-12H2,1-4H3,(H,21,24)(H2,20,22,23). The van der Waals surface area contributed by atoms with Crippen molar-refractivity contribution in [2.75, 3.05) is 19.6 Å². The molecule has 0 saturated carbocycles. The number of hydrogen-bond acceptors (Lipinski definition) is 3. The lowest BCUT2D eigenvalue weighted by molar-refractivity contribution is 0.0954. The van der Waals surface area contributed by atoms with Crippen molar-refractivity contribution in [2.24, 2.45) is 10.9 Å². The van der Waals surface area contributed by atoms with E-state index in [1.807, 2.05) is 6.92 Å². The number of carbonyl (C=O) groups excluding carboxylic acids is 1. The van der Waals surface area contributed by atoms with Gasteiger partial charge in [-0.25, -0.2) is 0 Å². The van der Waals surface area contributed by atoms with Crippen LogP contribution in [0.4, 0.5) is 0 Å². The summed E-state index contributed by atoms with van der Waals surface area (Å²) in [6.07, 6.45) is 5.51. The summed E-state index contributed by atoms with van der Waals surface area (Å²) in [7, 11) is 0. The first-order chi connectivity index (χ1) is 11.5. The Kier molecular flexibility index (Phi) is 9.49. The molecule has 1 heterocycles. The van der Waals surface area contributed by atoms with Crippen molar-refractivity contribution in [3.05, 3.63) is 30.1 Å². The van der Waals surface area contributed by atoms with Crippen LogP contribution in [0.1, 0.15) is 50.9 Å². The average Bonchev–Trinajstić information content (AvgIpc) is 2.57. The van der Waals surface area contributed by atoms with E-state index >= 15 is 0 Å². The third kappa shape index (κ3) is 8.50. The molecule has 0 aliphatic carbocycles. The Hall–Kier alpha value is -2.11. The van der Waals surface area contributed by atoms with Gasteiger partial charge in [0.05, 0.1) is 12.1 Å². The molecule has 1 amide bonds. The molecule has 0 aliphatic rings. The second-order valence-electron chi connectivity index (χ2n) is 6.27. The molecule has 1 unspecified atom stereocenters. The fourth-order valence-electron chi connectivity index (χ4n) is 2.15. The van der Waals surface area contributed by atoms with E-state index in [1.54, 1.807) is 24.5 Å². The van der Waals surface area contributed by atoms with Crippen molar-refractivity contribution in [3.8, 4) is 0 Å². The van der Waals surface area contributed by atoms with E-state index in [2.05, 4.69) is 46.7 Å². The molecule has 0 aliphatic heterocycles. The number of aromatic nitrogens is 1. The van der Waals surface area contributed by atoms with Gasteiger partial charge in [-0.3, -0.25) is 14.8 Å². The average molecular weight is 333 g/mol. The second kappa shape index (κ2) is 11.4. The molecule has 1 atom stereocenters. The maximum atomic E-state index is 11.9. The third-order valence-corrected chi connectivity index (χ3v) is 3.50. The van der Waals surface area contributed by atoms with Gasteiger partial charge < -0.3 is 16.0 Å². The fourth-order valence-corrected chi connectivity index (χ4v) is 2.15. The van der Waals surface area contributed by atoms with Gasteiger partial charge in [0.1, 0.15) is 0 Å². The van der Waals surface area contributed by atoms with Crippen LogP contribution in [0.3, 0.4) is 0 Å². The van der Waals surface area contributed by atoms with Crippen molar-refractivity contribution < 1.29 is 4.79 Å². The predicted octanol–water partition coefficient (Wildman–Crippen LogP) is 2.19. The summed E-state index contributed by atoms with van der Waals surface area (Å²) >= 11 is 0. The molecular formula is C18H31N5O. The highest BCUT2D eigenvalue weighted by molar-refractivity contribution is 5.93. The van der Waals surface area contributed by atoms with Gasteiger partial charge in [-0.2, -0.15) is 0 Å². The second-order valence-corrected chi connectivity index (χ2v) is 6.27. The number of rotatable bonds is 9. The fraction of sp³-hybridized carbons (Fsp3) is 0.611. The van der Waals surface area contributed by atoms with Gasteiger partial charge in [0, 0.05) is 31.5 Å². The van der Waals surface area contributed by atoms with Crippen LogP contribution < -0.4 is 16.0 Å². The Morgan fingerprint density at radius 3 is 2.67 bits per heavy atom. The molecule has 0 spiro atoms. The number of guanidine groups is 1. The number of nitrogens with zero attached hydrogens (tertiary/aromatic N) is 2. The number of carbonyl (C=O) groups is 1. The van der Waals surface area contributed by atoms with Crippen molar-refractivity contribution in [1.29, 1.82) is 0 Å². The van der Waals surface area contributed by atoms with Crippen LogP contribution in [0.25, 0.3) is 0 Å². The third-order valence-electron chi connectivity index (χ3n) is 3.50. The van der Waals surface area contributed by atoms with Crippen LogP contribution in [0.5, 0.6) is 0 Å². The topological polar surface area (TPSA) is 78.4 Å². The lowest BCUT2D eigenvalue weighted by Gasteiger charge is -2.18. The Morgan fingerprint density at radius 2 is 2.04 bits per heavy atom. The van der Waals surface area contributed by atoms with E-state index in [9.17, 15) is 4.79 Å². The zero-order chi connectivity index (χ0) is 17.8. The minimum Gasteiger partial charge on any atom is -0.357 e. The minimum absolute atomic E-state index is 0.124. The molecular weight excluding hydrogens is 302 g/mol. The highest BCUT2D eigenvalue weighted by Crippen LogP contribution is 2.06. The summed E-state index contributed by atoms with van der Waals surface area (Å²) in [6, 6.07) is 3.86. The molecule has 6 heteroatoms. The molecule has 0 radical (unpaired) electrons. The molecule has 0 bridgehead atoms. The highest BCUT2D eigenvalue weighted by Gasteiger charge is 2.07. The van der Waals surface area contributed by atoms with Crippen molar-refractivity contribution in [3.63, 3.8) is 0 Å². The summed E-state index contributed by atoms with van der Waals surface area (Å²) < 4.78 is 0. The predicted molar refractivity (Wildman–Crippen MR) is 99.2 cm³/mol. The molecule has 1 aromatic rings. The van der Waals surface area contributed by atoms with Gasteiger partial charge in [0.25, 0.3) is 5.91 Å². The summed E-state index contributed by atoms with van der Waals surface area (Å²) in [5, 5.41) is 9.49. The molecule has 0 aromatic carbocycles. The van der Waals surface area contributed by atoms with E-state index in [1.165, 1.54) is 6.42 Å². The molecule has 1 aromatic heterocycles. The number of amides is 1. The van der Waals surface area contributed by atoms with E-state index < -0.39 is 0 Å². The van der Waals surface area contributed by atoms with E-state index in [0.29, 0.717) is 30.6 Å². The first kappa shape index (κ1) is 19.9. The smallest absolute Gasteiger partial charge is 0.252 e. The van der Waals surface area contributed by atoms with Crippen LogP contribution in [0, 0.1) is 5.92 Å². The van der Waals surface area contributed by atoms with Crippen molar-refractivity contribution in [1.82, 2.24) is 20.9 Å². The van der Waals surface area contributed by atoms with Crippen LogP contribution >= 0.6 is 0 Å². The summed E-state index contributed by atoms with van der Waals surface area (Å²) in [5.74, 6) is 1.38. The number of hydrogen-bond donors (Lipinski definition) is 3. The summed E-state index contributed by atoms with van der Waals surface area (Å²) in [4.78, 5) is 20.4. The maximum absolute atomic E-state index is 11.9. The lowest BCUT2D eigenvalue weighted by atomic mass is 10.0. The first-order valence-corrected chi connectivity index (χ1v) is 8.76. The monoisotopic (exact) mass is 333 g/mol. The minimum atomic E-state index is -0.124. The Bertz CT molecular complexity index is 501. The van der Waals surface area contributed by atoms with Gasteiger partial charge in [0.15, 0.2) is 5.96 Å². The highest BCUT2D eigenvalue weighted by atomic mass is 16.1. The quantitative estimate of drug-likeness (QED) is 0.368. The molecule has 1 rings (SSSR count). The molecule has 3 N–H and O–H groups in total. The van der Waals surface area contributed by atoms with E-state index in [-0.39, 0.29) is 5.91 Å². The lowest BCUT2D eigenvalue weighted by Crippen LogP contribution is -2.42. The van der Waals surface area contributed by atoms with Crippen LogP contribution in [0.2, 0.25) is 0 Å². The maximum Gasteiger partial charge on any atom is 0.252 e. The summed E-state index contributed by atoms with van der Waals surface area (Å²) in [5.41, 5.74) is 0.564. The zero-order valence-corrected chi connectivity index (χ0v) is 15.3.